The summed E-state index contributed by atoms with van der Waals surface area (Å²) in [6.45, 7) is 2.01. The predicted octanol–water partition coefficient (Wildman–Crippen LogP) is 1.23. The number of nitrogens with zero attached hydrogens (tertiary/aromatic N) is 2. The highest BCUT2D eigenvalue weighted by Gasteiger charge is 2.32. The summed E-state index contributed by atoms with van der Waals surface area (Å²) in [7, 11) is 0. The van der Waals surface area contributed by atoms with Gasteiger partial charge in [0.1, 0.15) is 6.10 Å². The Morgan fingerprint density at radius 1 is 1.58 bits per heavy atom. The van der Waals surface area contributed by atoms with Crippen LogP contribution in [0.2, 0.25) is 0 Å². The van der Waals surface area contributed by atoms with E-state index in [0.717, 1.165) is 0 Å². The molecular weight excluding hydrogens is 170 g/mol. The second-order valence-electron chi connectivity index (χ2n) is 2.52. The molecule has 0 aromatic carbocycles. The highest BCUT2D eigenvalue weighted by molar-refractivity contribution is 4.93. The number of rotatable bonds is 2. The van der Waals surface area contributed by atoms with Gasteiger partial charge in [-0.1, -0.05) is 5.16 Å². The topological polar surface area (TPSA) is 59.2 Å². The standard InChI is InChI=1S/C6H8F2N2O2/c1-3(11)4-9-5(12-10-4)6(2,7)8/h3,11H,1-2H3. The molecule has 0 amide bonds. The summed E-state index contributed by atoms with van der Waals surface area (Å²) in [5, 5.41) is 12.0. The fraction of sp³-hybridized carbons (Fsp3) is 0.667. The molecule has 0 fully saturated rings. The van der Waals surface area contributed by atoms with Gasteiger partial charge >= 0.3 is 5.92 Å². The monoisotopic (exact) mass is 178 g/mol. The third-order valence-corrected chi connectivity index (χ3v) is 1.19. The van der Waals surface area contributed by atoms with E-state index in [2.05, 4.69) is 14.7 Å². The van der Waals surface area contributed by atoms with Crippen LogP contribution in [0.1, 0.15) is 31.7 Å². The first-order valence-electron chi connectivity index (χ1n) is 3.31. The van der Waals surface area contributed by atoms with Crippen LogP contribution in [-0.2, 0) is 5.92 Å². The number of hydrogen-bond donors (Lipinski definition) is 1. The average Bonchev–Trinajstić information content (AvgIpc) is 2.30. The minimum absolute atomic E-state index is 0.133. The Kier molecular flexibility index (Phi) is 2.10. The van der Waals surface area contributed by atoms with Crippen molar-refractivity contribution in [2.45, 2.75) is 25.9 Å². The first-order valence-corrected chi connectivity index (χ1v) is 3.31. The number of hydrogen-bond acceptors (Lipinski definition) is 4. The molecule has 1 aromatic rings. The third kappa shape index (κ3) is 1.76. The van der Waals surface area contributed by atoms with E-state index in [-0.39, 0.29) is 5.82 Å². The van der Waals surface area contributed by atoms with Gasteiger partial charge in [-0.15, -0.1) is 0 Å². The summed E-state index contributed by atoms with van der Waals surface area (Å²) in [6, 6.07) is 0. The summed E-state index contributed by atoms with van der Waals surface area (Å²) in [4.78, 5) is 3.30. The Morgan fingerprint density at radius 2 is 2.17 bits per heavy atom. The van der Waals surface area contributed by atoms with Crippen LogP contribution < -0.4 is 0 Å². The molecule has 6 heteroatoms. The molecule has 1 heterocycles. The van der Waals surface area contributed by atoms with Crippen molar-refractivity contribution in [1.82, 2.24) is 10.1 Å². The molecule has 0 aliphatic carbocycles. The van der Waals surface area contributed by atoms with E-state index in [0.29, 0.717) is 6.92 Å². The van der Waals surface area contributed by atoms with Gasteiger partial charge in [-0.2, -0.15) is 13.8 Å². The molecule has 0 bridgehead atoms. The third-order valence-electron chi connectivity index (χ3n) is 1.19. The Bertz CT molecular complexity index is 267. The zero-order chi connectivity index (χ0) is 9.35. The Hall–Kier alpha value is -1.04. The quantitative estimate of drug-likeness (QED) is 0.739. The van der Waals surface area contributed by atoms with Crippen LogP contribution in [0.25, 0.3) is 0 Å². The van der Waals surface area contributed by atoms with E-state index in [1.807, 2.05) is 0 Å². The molecule has 0 aliphatic rings. The summed E-state index contributed by atoms with van der Waals surface area (Å²) >= 11 is 0. The van der Waals surface area contributed by atoms with E-state index < -0.39 is 17.9 Å². The smallest absolute Gasteiger partial charge is 0.322 e. The molecule has 1 N–H and O–H groups in total. The van der Waals surface area contributed by atoms with Crippen molar-refractivity contribution in [3.63, 3.8) is 0 Å². The van der Waals surface area contributed by atoms with Gasteiger partial charge in [-0.25, -0.2) is 0 Å². The van der Waals surface area contributed by atoms with Crippen molar-refractivity contribution in [2.75, 3.05) is 0 Å². The maximum Gasteiger partial charge on any atom is 0.322 e. The maximum atomic E-state index is 12.5. The zero-order valence-electron chi connectivity index (χ0n) is 6.58. The lowest BCUT2D eigenvalue weighted by molar-refractivity contribution is -0.0158. The fourth-order valence-corrected chi connectivity index (χ4v) is 0.583. The lowest BCUT2D eigenvalue weighted by atomic mass is 10.4. The Balaban J connectivity index is 2.92. The fourth-order valence-electron chi connectivity index (χ4n) is 0.583. The molecular formula is C6H8F2N2O2. The molecule has 0 radical (unpaired) electrons. The van der Waals surface area contributed by atoms with E-state index in [1.165, 1.54) is 6.92 Å². The van der Waals surface area contributed by atoms with Crippen LogP contribution in [0, 0.1) is 0 Å². The van der Waals surface area contributed by atoms with Crippen molar-refractivity contribution >= 4 is 0 Å². The van der Waals surface area contributed by atoms with Gasteiger partial charge < -0.3 is 9.63 Å². The van der Waals surface area contributed by atoms with E-state index in [4.69, 9.17) is 5.11 Å². The largest absolute Gasteiger partial charge is 0.385 e. The highest BCUT2D eigenvalue weighted by atomic mass is 19.3. The van der Waals surface area contributed by atoms with Crippen molar-refractivity contribution < 1.29 is 18.4 Å². The summed E-state index contributed by atoms with van der Waals surface area (Å²) < 4.78 is 29.1. The molecule has 1 atom stereocenters. The van der Waals surface area contributed by atoms with E-state index in [9.17, 15) is 8.78 Å². The van der Waals surface area contributed by atoms with Crippen molar-refractivity contribution in [3.05, 3.63) is 11.7 Å². The Morgan fingerprint density at radius 3 is 2.42 bits per heavy atom. The highest BCUT2D eigenvalue weighted by Crippen LogP contribution is 2.25. The zero-order valence-corrected chi connectivity index (χ0v) is 6.58. The lowest BCUT2D eigenvalue weighted by Crippen LogP contribution is -2.07. The maximum absolute atomic E-state index is 12.5. The molecule has 1 aromatic heterocycles. The molecule has 1 rings (SSSR count). The molecule has 0 saturated heterocycles. The van der Waals surface area contributed by atoms with Crippen LogP contribution in [0.4, 0.5) is 8.78 Å². The van der Waals surface area contributed by atoms with E-state index >= 15 is 0 Å². The predicted molar refractivity (Wildman–Crippen MR) is 34.5 cm³/mol. The van der Waals surface area contributed by atoms with Gasteiger partial charge in [-0.05, 0) is 6.92 Å². The van der Waals surface area contributed by atoms with Gasteiger partial charge in [0, 0.05) is 6.92 Å². The van der Waals surface area contributed by atoms with Gasteiger partial charge in [0.25, 0.3) is 5.89 Å². The second kappa shape index (κ2) is 2.78. The number of aliphatic hydroxyl groups is 1. The number of alkyl halides is 2. The molecule has 0 spiro atoms. The van der Waals surface area contributed by atoms with Crippen LogP contribution in [0.15, 0.2) is 4.52 Å². The summed E-state index contributed by atoms with van der Waals surface area (Å²) in [5.41, 5.74) is 0. The van der Waals surface area contributed by atoms with Gasteiger partial charge in [0.05, 0.1) is 0 Å². The molecule has 0 aliphatic heterocycles. The van der Waals surface area contributed by atoms with Crippen LogP contribution in [0.5, 0.6) is 0 Å². The SMILES string of the molecule is CC(O)c1noc(C(C)(F)F)n1. The van der Waals surface area contributed by atoms with Crippen molar-refractivity contribution in [1.29, 1.82) is 0 Å². The molecule has 0 saturated carbocycles. The molecule has 12 heavy (non-hydrogen) atoms. The van der Waals surface area contributed by atoms with E-state index in [1.54, 1.807) is 0 Å². The average molecular weight is 178 g/mol. The Labute approximate surface area is 67.2 Å². The van der Waals surface area contributed by atoms with Gasteiger partial charge in [0.15, 0.2) is 5.82 Å². The summed E-state index contributed by atoms with van der Waals surface area (Å²) in [5.74, 6) is -4.06. The van der Waals surface area contributed by atoms with Crippen LogP contribution in [-0.4, -0.2) is 15.2 Å². The van der Waals surface area contributed by atoms with Gasteiger partial charge in [-0.3, -0.25) is 0 Å². The number of halogens is 2. The van der Waals surface area contributed by atoms with Crippen LogP contribution in [0.3, 0.4) is 0 Å². The minimum atomic E-state index is -3.15. The number of aliphatic hydroxyl groups excluding tert-OH is 1. The second-order valence-corrected chi connectivity index (χ2v) is 2.52. The van der Waals surface area contributed by atoms with Crippen molar-refractivity contribution in [3.8, 4) is 0 Å². The van der Waals surface area contributed by atoms with Crippen molar-refractivity contribution in [2.24, 2.45) is 0 Å². The minimum Gasteiger partial charge on any atom is -0.385 e. The lowest BCUT2D eigenvalue weighted by Gasteiger charge is -2.00. The first-order chi connectivity index (χ1) is 5.41. The number of aromatic nitrogens is 2. The van der Waals surface area contributed by atoms with Gasteiger partial charge in [0.2, 0.25) is 0 Å². The molecule has 68 valence electrons. The summed E-state index contributed by atoms with van der Waals surface area (Å²) in [6.07, 6.45) is -0.996. The van der Waals surface area contributed by atoms with Crippen LogP contribution >= 0.6 is 0 Å². The normalized spacial score (nSPS) is 14.8. The first kappa shape index (κ1) is 9.05. The molecule has 1 unspecified atom stereocenters. The molecule has 4 nitrogen and oxygen atoms in total.